The smallest absolute Gasteiger partial charge is 0.239 e. The standard InChI is InChI=1S/C16H22Cl2N2O3S/c1-24(22,23)20(13-6-4-2-3-5-7-13)11-16(21)19-15-9-8-12(17)10-14(15)18/h8-10,13H,2-7,11H2,1H3,(H,19,21). The van der Waals surface area contributed by atoms with Crippen molar-refractivity contribution in [3.63, 3.8) is 0 Å². The molecule has 0 bridgehead atoms. The van der Waals surface area contributed by atoms with Crippen molar-refractivity contribution >= 4 is 44.8 Å². The Bertz CT molecular complexity index is 687. The van der Waals surface area contributed by atoms with Gasteiger partial charge in [0.05, 0.1) is 23.5 Å². The minimum Gasteiger partial charge on any atom is -0.324 e. The number of carbonyl (C=O) groups excluding carboxylic acids is 1. The third-order valence-corrected chi connectivity index (χ3v) is 5.99. The summed E-state index contributed by atoms with van der Waals surface area (Å²) in [4.78, 5) is 12.3. The molecule has 1 fully saturated rings. The van der Waals surface area contributed by atoms with Crippen LogP contribution in [0.25, 0.3) is 0 Å². The first-order chi connectivity index (χ1) is 11.3. The van der Waals surface area contributed by atoms with Crippen LogP contribution in [0.15, 0.2) is 18.2 Å². The van der Waals surface area contributed by atoms with Crippen LogP contribution < -0.4 is 5.32 Å². The summed E-state index contributed by atoms with van der Waals surface area (Å²) in [7, 11) is -3.47. The van der Waals surface area contributed by atoms with Gasteiger partial charge >= 0.3 is 0 Å². The molecule has 1 aromatic carbocycles. The number of halogens is 2. The van der Waals surface area contributed by atoms with Gasteiger partial charge in [0.15, 0.2) is 0 Å². The maximum atomic E-state index is 12.3. The molecule has 2 rings (SSSR count). The molecule has 5 nitrogen and oxygen atoms in total. The molecule has 0 aromatic heterocycles. The van der Waals surface area contributed by atoms with Crippen LogP contribution in [0, 0.1) is 0 Å². The fourth-order valence-corrected chi connectivity index (χ4v) is 4.54. The van der Waals surface area contributed by atoms with Crippen molar-refractivity contribution < 1.29 is 13.2 Å². The number of nitrogens with one attached hydrogen (secondary N) is 1. The summed E-state index contributed by atoms with van der Waals surface area (Å²) in [6.45, 7) is -0.206. The van der Waals surface area contributed by atoms with Gasteiger partial charge in [0.25, 0.3) is 0 Å². The number of benzene rings is 1. The molecule has 1 aromatic rings. The fourth-order valence-electron chi connectivity index (χ4n) is 2.99. The molecule has 8 heteroatoms. The van der Waals surface area contributed by atoms with Gasteiger partial charge in [-0.15, -0.1) is 0 Å². The van der Waals surface area contributed by atoms with Crippen LogP contribution in [0.5, 0.6) is 0 Å². The Morgan fingerprint density at radius 1 is 1.21 bits per heavy atom. The van der Waals surface area contributed by atoms with E-state index in [1.165, 1.54) is 10.4 Å². The molecule has 1 aliphatic carbocycles. The Labute approximate surface area is 153 Å². The molecule has 134 valence electrons. The van der Waals surface area contributed by atoms with Gasteiger partial charge in [-0.1, -0.05) is 48.9 Å². The Balaban J connectivity index is 2.09. The van der Waals surface area contributed by atoms with Crippen LogP contribution in [0.2, 0.25) is 10.0 Å². The highest BCUT2D eigenvalue weighted by Crippen LogP contribution is 2.26. The van der Waals surface area contributed by atoms with Crippen LogP contribution in [-0.2, 0) is 14.8 Å². The number of carbonyl (C=O) groups is 1. The van der Waals surface area contributed by atoms with Crippen molar-refractivity contribution in [3.05, 3.63) is 28.2 Å². The molecule has 0 saturated heterocycles. The Hall–Kier alpha value is -0.820. The lowest BCUT2D eigenvalue weighted by molar-refractivity contribution is -0.116. The van der Waals surface area contributed by atoms with Crippen LogP contribution in [-0.4, -0.2) is 37.5 Å². The van der Waals surface area contributed by atoms with E-state index in [4.69, 9.17) is 23.2 Å². The van der Waals surface area contributed by atoms with E-state index in [9.17, 15) is 13.2 Å². The van der Waals surface area contributed by atoms with E-state index in [0.717, 1.165) is 44.8 Å². The predicted molar refractivity (Wildman–Crippen MR) is 98.1 cm³/mol. The number of sulfonamides is 1. The van der Waals surface area contributed by atoms with Crippen molar-refractivity contribution in [2.45, 2.75) is 44.6 Å². The van der Waals surface area contributed by atoms with Gasteiger partial charge in [0.2, 0.25) is 15.9 Å². The monoisotopic (exact) mass is 392 g/mol. The molecule has 24 heavy (non-hydrogen) atoms. The first-order valence-electron chi connectivity index (χ1n) is 7.99. The van der Waals surface area contributed by atoms with Gasteiger partial charge in [-0.25, -0.2) is 8.42 Å². The molecular weight excluding hydrogens is 371 g/mol. The van der Waals surface area contributed by atoms with Crippen LogP contribution in [0.3, 0.4) is 0 Å². The second-order valence-electron chi connectivity index (χ2n) is 6.13. The molecule has 0 unspecified atom stereocenters. The van der Waals surface area contributed by atoms with Crippen molar-refractivity contribution in [2.75, 3.05) is 18.1 Å². The molecule has 0 aliphatic heterocycles. The molecule has 1 N–H and O–H groups in total. The van der Waals surface area contributed by atoms with Gasteiger partial charge in [-0.2, -0.15) is 4.31 Å². The Morgan fingerprint density at radius 2 is 1.83 bits per heavy atom. The SMILES string of the molecule is CS(=O)(=O)N(CC(=O)Nc1ccc(Cl)cc1Cl)C1CCCCCC1. The minimum absolute atomic E-state index is 0.117. The van der Waals surface area contributed by atoms with Gasteiger partial charge in [0.1, 0.15) is 0 Å². The lowest BCUT2D eigenvalue weighted by Gasteiger charge is -2.28. The van der Waals surface area contributed by atoms with Gasteiger partial charge < -0.3 is 5.32 Å². The highest BCUT2D eigenvalue weighted by Gasteiger charge is 2.29. The summed E-state index contributed by atoms with van der Waals surface area (Å²) in [6.07, 6.45) is 6.94. The summed E-state index contributed by atoms with van der Waals surface area (Å²) in [5.74, 6) is -0.408. The Kier molecular flexibility index (Phi) is 6.92. The summed E-state index contributed by atoms with van der Waals surface area (Å²) < 4.78 is 25.6. The zero-order chi connectivity index (χ0) is 17.7. The number of hydrogen-bond acceptors (Lipinski definition) is 3. The van der Waals surface area contributed by atoms with Crippen LogP contribution in [0.4, 0.5) is 5.69 Å². The average molecular weight is 393 g/mol. The summed E-state index contributed by atoms with van der Waals surface area (Å²) in [5, 5.41) is 3.44. The van der Waals surface area contributed by atoms with E-state index in [1.54, 1.807) is 12.1 Å². The highest BCUT2D eigenvalue weighted by atomic mass is 35.5. The predicted octanol–water partition coefficient (Wildman–Crippen LogP) is 3.92. The topological polar surface area (TPSA) is 66.5 Å². The van der Waals surface area contributed by atoms with Crippen molar-refractivity contribution in [3.8, 4) is 0 Å². The first kappa shape index (κ1) is 19.5. The normalized spacial score (nSPS) is 16.8. The summed E-state index contributed by atoms with van der Waals surface area (Å²) in [6, 6.07) is 4.62. The van der Waals surface area contributed by atoms with E-state index in [2.05, 4.69) is 5.32 Å². The van der Waals surface area contributed by atoms with Gasteiger partial charge in [-0.3, -0.25) is 4.79 Å². The molecule has 1 saturated carbocycles. The van der Waals surface area contributed by atoms with Gasteiger partial charge in [0, 0.05) is 11.1 Å². The van der Waals surface area contributed by atoms with E-state index in [1.807, 2.05) is 0 Å². The second kappa shape index (κ2) is 8.52. The molecule has 0 heterocycles. The molecule has 0 spiro atoms. The fraction of sp³-hybridized carbons (Fsp3) is 0.562. The zero-order valence-electron chi connectivity index (χ0n) is 13.6. The van der Waals surface area contributed by atoms with Crippen molar-refractivity contribution in [1.82, 2.24) is 4.31 Å². The third kappa shape index (κ3) is 5.62. The Morgan fingerprint density at radius 3 is 2.38 bits per heavy atom. The molecule has 0 radical (unpaired) electrons. The average Bonchev–Trinajstić information content (AvgIpc) is 2.75. The van der Waals surface area contributed by atoms with Crippen molar-refractivity contribution in [1.29, 1.82) is 0 Å². The molecule has 1 amide bonds. The lowest BCUT2D eigenvalue weighted by atomic mass is 10.1. The number of rotatable bonds is 5. The summed E-state index contributed by atoms with van der Waals surface area (Å²) in [5.41, 5.74) is 0.417. The zero-order valence-corrected chi connectivity index (χ0v) is 15.9. The molecule has 1 aliphatic rings. The maximum Gasteiger partial charge on any atom is 0.239 e. The molecule has 0 atom stereocenters. The van der Waals surface area contributed by atoms with E-state index < -0.39 is 15.9 Å². The lowest BCUT2D eigenvalue weighted by Crippen LogP contribution is -2.44. The van der Waals surface area contributed by atoms with Crippen molar-refractivity contribution in [2.24, 2.45) is 0 Å². The minimum atomic E-state index is -3.47. The largest absolute Gasteiger partial charge is 0.324 e. The number of hydrogen-bond donors (Lipinski definition) is 1. The van der Waals surface area contributed by atoms with Crippen LogP contribution >= 0.6 is 23.2 Å². The number of amides is 1. The highest BCUT2D eigenvalue weighted by molar-refractivity contribution is 7.88. The van der Waals surface area contributed by atoms with E-state index in [-0.39, 0.29) is 12.6 Å². The van der Waals surface area contributed by atoms with Crippen LogP contribution in [0.1, 0.15) is 38.5 Å². The number of nitrogens with zero attached hydrogens (tertiary/aromatic N) is 1. The summed E-state index contributed by atoms with van der Waals surface area (Å²) >= 11 is 11.9. The van der Waals surface area contributed by atoms with E-state index in [0.29, 0.717) is 15.7 Å². The maximum absolute atomic E-state index is 12.3. The number of anilines is 1. The molecular formula is C16H22Cl2N2O3S. The first-order valence-corrected chi connectivity index (χ1v) is 10.6. The van der Waals surface area contributed by atoms with Gasteiger partial charge in [-0.05, 0) is 31.0 Å². The quantitative estimate of drug-likeness (QED) is 0.772. The third-order valence-electron chi connectivity index (χ3n) is 4.16. The second-order valence-corrected chi connectivity index (χ2v) is 8.90. The van der Waals surface area contributed by atoms with E-state index >= 15 is 0 Å².